The Kier molecular flexibility index (Phi) is 9.95. The van der Waals surface area contributed by atoms with E-state index in [4.69, 9.17) is 9.47 Å². The number of carbonyl (C=O) groups is 4. The second-order valence-corrected chi connectivity index (χ2v) is 12.1. The van der Waals surface area contributed by atoms with Crippen LogP contribution in [0.5, 0.6) is 0 Å². The first kappa shape index (κ1) is 32.8. The van der Waals surface area contributed by atoms with Crippen LogP contribution in [0.3, 0.4) is 0 Å². The standard InChI is InChI=1S/C33H40N6O6/c1-7-44-29(41)26(20-13-9-8-10-14-20)27-35-19-25(37-27)38-28(40)24(17-21-18-34-23-16-12-11-15-22(21)23)36-30(42)33(5,6)39-31(43)45-32(2,3)4/h8-16,18-19,24,26,34H,7,17H2,1-6H3,(H,35,37)(H,36,42)(H,38,40)(H,39,43)/t24-,26?/m1/s1. The highest BCUT2D eigenvalue weighted by Crippen LogP contribution is 2.25. The van der Waals surface area contributed by atoms with E-state index in [-0.39, 0.29) is 24.7 Å². The average molecular weight is 617 g/mol. The number of ether oxygens (including phenoxy) is 2. The number of aromatic amines is 2. The lowest BCUT2D eigenvalue weighted by molar-refractivity contribution is -0.144. The van der Waals surface area contributed by atoms with Crippen molar-refractivity contribution >= 4 is 40.6 Å². The fraction of sp³-hybridized carbons (Fsp3) is 0.364. The zero-order chi connectivity index (χ0) is 32.8. The number of benzene rings is 2. The van der Waals surface area contributed by atoms with E-state index in [1.165, 1.54) is 20.0 Å². The number of H-pyrrole nitrogens is 2. The molecule has 1 unspecified atom stereocenters. The number of nitrogens with one attached hydrogen (secondary N) is 5. The Balaban J connectivity index is 1.57. The lowest BCUT2D eigenvalue weighted by Gasteiger charge is -2.29. The van der Waals surface area contributed by atoms with Crippen molar-refractivity contribution in [1.29, 1.82) is 0 Å². The van der Waals surface area contributed by atoms with Crippen LogP contribution in [0.2, 0.25) is 0 Å². The molecule has 12 nitrogen and oxygen atoms in total. The van der Waals surface area contributed by atoms with Gasteiger partial charge in [0.2, 0.25) is 11.8 Å². The molecule has 45 heavy (non-hydrogen) atoms. The molecule has 0 radical (unpaired) electrons. The van der Waals surface area contributed by atoms with Crippen molar-refractivity contribution in [2.45, 2.75) is 71.1 Å². The Hall–Kier alpha value is -5.13. The van der Waals surface area contributed by atoms with Crippen LogP contribution in [-0.2, 0) is 30.3 Å². The Morgan fingerprint density at radius 2 is 1.60 bits per heavy atom. The Morgan fingerprint density at radius 1 is 0.911 bits per heavy atom. The Bertz CT molecular complexity index is 1650. The zero-order valence-corrected chi connectivity index (χ0v) is 26.3. The summed E-state index contributed by atoms with van der Waals surface area (Å²) in [4.78, 5) is 63.2. The van der Waals surface area contributed by atoms with Gasteiger partial charge in [-0.25, -0.2) is 9.78 Å². The average Bonchev–Trinajstić information content (AvgIpc) is 3.59. The predicted molar refractivity (Wildman–Crippen MR) is 170 cm³/mol. The number of anilines is 1. The molecule has 2 heterocycles. The second kappa shape index (κ2) is 13.7. The van der Waals surface area contributed by atoms with Crippen molar-refractivity contribution in [1.82, 2.24) is 25.6 Å². The lowest BCUT2D eigenvalue weighted by Crippen LogP contribution is -2.59. The Morgan fingerprint density at radius 3 is 2.29 bits per heavy atom. The zero-order valence-electron chi connectivity index (χ0n) is 26.3. The number of hydrogen-bond acceptors (Lipinski definition) is 7. The van der Waals surface area contributed by atoms with E-state index in [0.717, 1.165) is 16.5 Å². The molecule has 2 atom stereocenters. The first-order chi connectivity index (χ1) is 21.3. The molecule has 0 bridgehead atoms. The number of amides is 3. The Labute approximate surface area is 261 Å². The van der Waals surface area contributed by atoms with Crippen molar-refractivity contribution in [2.75, 3.05) is 11.9 Å². The highest BCUT2D eigenvalue weighted by Gasteiger charge is 2.35. The van der Waals surface area contributed by atoms with Gasteiger partial charge >= 0.3 is 12.1 Å². The quantitative estimate of drug-likeness (QED) is 0.154. The van der Waals surface area contributed by atoms with Crippen molar-refractivity contribution in [3.63, 3.8) is 0 Å². The minimum absolute atomic E-state index is 0.136. The largest absolute Gasteiger partial charge is 0.465 e. The number of fused-ring (bicyclic) bond motifs is 1. The molecule has 0 aliphatic heterocycles. The molecule has 4 aromatic rings. The van der Waals surface area contributed by atoms with Crippen LogP contribution in [0.1, 0.15) is 64.4 Å². The lowest BCUT2D eigenvalue weighted by atomic mass is 9.98. The molecule has 3 amide bonds. The SMILES string of the molecule is CCOC(=O)C(c1ccccc1)c1nc(NC(=O)[C@@H](Cc2c[nH]c3ccccc23)NC(=O)C(C)(C)NC(=O)OC(C)(C)C)c[nH]1. The number of esters is 1. The summed E-state index contributed by atoms with van der Waals surface area (Å²) >= 11 is 0. The molecule has 0 aliphatic carbocycles. The van der Waals surface area contributed by atoms with Gasteiger partial charge in [0.05, 0.1) is 6.61 Å². The molecule has 4 rings (SSSR count). The molecule has 0 spiro atoms. The summed E-state index contributed by atoms with van der Waals surface area (Å²) in [5, 5.41) is 9.03. The van der Waals surface area contributed by atoms with E-state index >= 15 is 0 Å². The van der Waals surface area contributed by atoms with Crippen LogP contribution < -0.4 is 16.0 Å². The molecule has 0 fully saturated rings. The number of imidazole rings is 1. The smallest absolute Gasteiger partial charge is 0.408 e. The minimum Gasteiger partial charge on any atom is -0.465 e. The maximum atomic E-state index is 13.7. The van der Waals surface area contributed by atoms with Gasteiger partial charge in [0.25, 0.3) is 0 Å². The molecule has 0 aliphatic rings. The van der Waals surface area contributed by atoms with E-state index in [1.54, 1.807) is 46.0 Å². The predicted octanol–water partition coefficient (Wildman–Crippen LogP) is 4.56. The van der Waals surface area contributed by atoms with Gasteiger partial charge in [-0.15, -0.1) is 0 Å². The number of hydrogen-bond donors (Lipinski definition) is 5. The van der Waals surface area contributed by atoms with E-state index in [9.17, 15) is 19.2 Å². The molecule has 2 aromatic carbocycles. The van der Waals surface area contributed by atoms with Gasteiger partial charge in [-0.3, -0.25) is 14.4 Å². The number of nitrogens with zero attached hydrogens (tertiary/aromatic N) is 1. The summed E-state index contributed by atoms with van der Waals surface area (Å²) in [6.07, 6.45) is 2.63. The third-order valence-corrected chi connectivity index (χ3v) is 6.88. The van der Waals surface area contributed by atoms with Crippen LogP contribution >= 0.6 is 0 Å². The molecule has 2 aromatic heterocycles. The van der Waals surface area contributed by atoms with E-state index in [1.807, 2.05) is 42.5 Å². The van der Waals surface area contributed by atoms with Gasteiger partial charge in [-0.1, -0.05) is 48.5 Å². The van der Waals surface area contributed by atoms with E-state index < -0.39 is 47.0 Å². The third-order valence-electron chi connectivity index (χ3n) is 6.88. The summed E-state index contributed by atoms with van der Waals surface area (Å²) in [6, 6.07) is 15.6. The van der Waals surface area contributed by atoms with E-state index in [2.05, 4.69) is 30.9 Å². The van der Waals surface area contributed by atoms with Crippen LogP contribution in [0.25, 0.3) is 10.9 Å². The fourth-order valence-electron chi connectivity index (χ4n) is 4.72. The highest BCUT2D eigenvalue weighted by atomic mass is 16.6. The maximum Gasteiger partial charge on any atom is 0.408 e. The van der Waals surface area contributed by atoms with Gasteiger partial charge in [0.1, 0.15) is 28.9 Å². The molecule has 5 N–H and O–H groups in total. The van der Waals surface area contributed by atoms with Gasteiger partial charge in [-0.05, 0) is 58.7 Å². The monoisotopic (exact) mass is 616 g/mol. The van der Waals surface area contributed by atoms with Crippen molar-refractivity contribution in [2.24, 2.45) is 0 Å². The van der Waals surface area contributed by atoms with Crippen LogP contribution in [-0.4, -0.2) is 62.6 Å². The van der Waals surface area contributed by atoms with Crippen molar-refractivity contribution in [3.8, 4) is 0 Å². The fourth-order valence-corrected chi connectivity index (χ4v) is 4.72. The van der Waals surface area contributed by atoms with E-state index in [0.29, 0.717) is 5.56 Å². The normalized spacial score (nSPS) is 13.0. The number of alkyl carbamates (subject to hydrolysis) is 1. The van der Waals surface area contributed by atoms with Crippen LogP contribution in [0.4, 0.5) is 10.6 Å². The summed E-state index contributed by atoms with van der Waals surface area (Å²) in [7, 11) is 0. The first-order valence-electron chi connectivity index (χ1n) is 14.7. The summed E-state index contributed by atoms with van der Waals surface area (Å²) in [5.41, 5.74) is 0.186. The molecule has 0 saturated carbocycles. The van der Waals surface area contributed by atoms with Crippen LogP contribution in [0.15, 0.2) is 67.0 Å². The maximum absolute atomic E-state index is 13.7. The topological polar surface area (TPSA) is 167 Å². The number of para-hydroxylation sites is 1. The van der Waals surface area contributed by atoms with Gasteiger partial charge in [-0.2, -0.15) is 0 Å². The van der Waals surface area contributed by atoms with Gasteiger partial charge in [0, 0.05) is 29.7 Å². The molecular weight excluding hydrogens is 576 g/mol. The van der Waals surface area contributed by atoms with Crippen molar-refractivity contribution < 1.29 is 28.7 Å². The number of rotatable bonds is 11. The first-order valence-corrected chi connectivity index (χ1v) is 14.7. The summed E-state index contributed by atoms with van der Waals surface area (Å²) in [5.74, 6) is -2.02. The molecule has 0 saturated heterocycles. The second-order valence-electron chi connectivity index (χ2n) is 12.1. The third kappa shape index (κ3) is 8.49. The molecule has 12 heteroatoms. The van der Waals surface area contributed by atoms with Gasteiger partial charge in [0.15, 0.2) is 5.82 Å². The highest BCUT2D eigenvalue weighted by molar-refractivity contribution is 5.99. The summed E-state index contributed by atoms with van der Waals surface area (Å²) in [6.45, 7) is 10.1. The van der Waals surface area contributed by atoms with Gasteiger partial charge < -0.3 is 35.4 Å². The minimum atomic E-state index is -1.41. The molecular formula is C33H40N6O6. The molecule has 238 valence electrons. The summed E-state index contributed by atoms with van der Waals surface area (Å²) < 4.78 is 10.6. The number of carbonyl (C=O) groups excluding carboxylic acids is 4. The number of aromatic nitrogens is 3. The van der Waals surface area contributed by atoms with Crippen LogP contribution in [0, 0.1) is 0 Å². The van der Waals surface area contributed by atoms with Crippen molar-refractivity contribution in [3.05, 3.63) is 83.9 Å².